The molecule has 0 fully saturated rings. The minimum Gasteiger partial charge on any atom is -0.418 e. The number of halogens is 5. The molecule has 0 aromatic heterocycles. The maximum atomic E-state index is 9.75. The summed E-state index contributed by atoms with van der Waals surface area (Å²) < 4.78 is 42.1. The topological polar surface area (TPSA) is 0 Å². The van der Waals surface area contributed by atoms with Crippen LogP contribution in [-0.2, 0) is 0 Å². The molecule has 0 aliphatic rings. The summed E-state index contributed by atoms with van der Waals surface area (Å²) in [6.07, 6.45) is 0. The van der Waals surface area contributed by atoms with E-state index < -0.39 is 7.25 Å². The van der Waals surface area contributed by atoms with E-state index in [1.807, 2.05) is 0 Å². The molecule has 0 amide bonds. The summed E-state index contributed by atoms with van der Waals surface area (Å²) in [5, 5.41) is 2.68. The van der Waals surface area contributed by atoms with Crippen molar-refractivity contribution in [2.24, 2.45) is 0 Å². The van der Waals surface area contributed by atoms with E-state index in [1.165, 1.54) is 31.0 Å². The van der Waals surface area contributed by atoms with Gasteiger partial charge in [0.05, 0.1) is 0 Å². The molecule has 0 bridgehead atoms. The van der Waals surface area contributed by atoms with Crippen molar-refractivity contribution >= 4 is 18.0 Å². The second-order valence-electron chi connectivity index (χ2n) is 5.79. The molecule has 0 nitrogen and oxygen atoms in total. The lowest BCUT2D eigenvalue weighted by Crippen LogP contribution is -3.62. The van der Waals surface area contributed by atoms with Crippen LogP contribution in [0.25, 0.3) is 10.8 Å². The van der Waals surface area contributed by atoms with E-state index in [-0.39, 0.29) is 21.2 Å². The molecule has 0 heterocycles. The van der Waals surface area contributed by atoms with Gasteiger partial charge >= 0.3 is 28.5 Å². The highest BCUT2D eigenvalue weighted by Crippen LogP contribution is 2.12. The van der Waals surface area contributed by atoms with Crippen LogP contribution in [0.4, 0.5) is 17.3 Å². The Labute approximate surface area is 155 Å². The number of hydrogen-bond donors (Lipinski definition) is 0. The first kappa shape index (κ1) is 19.8. The van der Waals surface area contributed by atoms with Gasteiger partial charge in [0, 0.05) is 11.1 Å². The highest BCUT2D eigenvalue weighted by atomic mass is 127. The van der Waals surface area contributed by atoms with Gasteiger partial charge in [-0.1, -0.05) is 42.0 Å². The second kappa shape index (κ2) is 8.21. The molecule has 0 aliphatic carbocycles. The number of rotatable bonds is 2. The average molecular weight is 460 g/mol. The van der Waals surface area contributed by atoms with Gasteiger partial charge in [-0.05, 0) is 49.7 Å². The fraction of sp³-hybridized carbons (Fsp3) is 0.158. The molecule has 0 saturated carbocycles. The largest absolute Gasteiger partial charge is 0.673 e. The minimum absolute atomic E-state index is 0.102. The summed E-state index contributed by atoms with van der Waals surface area (Å²) in [5.41, 5.74) is 4.26. The third kappa shape index (κ3) is 6.34. The molecule has 3 aromatic rings. The Bertz CT molecular complexity index is 846. The zero-order valence-corrected chi connectivity index (χ0v) is 16.3. The lowest BCUT2D eigenvalue weighted by molar-refractivity contribution is -0.598. The van der Waals surface area contributed by atoms with E-state index in [0.29, 0.717) is 0 Å². The molecule has 3 rings (SSSR count). The second-order valence-corrected chi connectivity index (χ2v) is 8.66. The average Bonchev–Trinajstić information content (AvgIpc) is 2.49. The number of hydrogen-bond acceptors (Lipinski definition) is 0. The molecule has 0 unspecified atom stereocenters. The molecule has 6 heteroatoms. The summed E-state index contributed by atoms with van der Waals surface area (Å²) in [6.45, 7) is 6.67. The summed E-state index contributed by atoms with van der Waals surface area (Å²) in [4.78, 5) is 0. The Balaban J connectivity index is 0.000000399. The summed E-state index contributed by atoms with van der Waals surface area (Å²) in [5.74, 6) is 0. The Morgan fingerprint density at radius 1 is 0.720 bits per heavy atom. The molecule has 0 spiro atoms. The molecule has 0 aliphatic heterocycles. The van der Waals surface area contributed by atoms with Crippen LogP contribution in [0, 0.1) is 27.9 Å². The molecular weight excluding hydrogens is 442 g/mol. The standard InChI is InChI=1S/C19H18I.BF4/c1-13-10-14(2)19(15(3)11-13)20-18-9-8-16-6-4-5-7-17(16)12-18;2-1(3,4)5/h4-12H,1-3H3;/q+1;-1. The van der Waals surface area contributed by atoms with Gasteiger partial charge in [0.2, 0.25) is 0 Å². The fourth-order valence-corrected chi connectivity index (χ4v) is 5.28. The van der Waals surface area contributed by atoms with Crippen LogP contribution in [0.15, 0.2) is 54.6 Å². The van der Waals surface area contributed by atoms with Gasteiger partial charge in [-0.15, -0.1) is 0 Å². The van der Waals surface area contributed by atoms with Crippen molar-refractivity contribution in [1.29, 1.82) is 0 Å². The van der Waals surface area contributed by atoms with Crippen LogP contribution in [-0.4, -0.2) is 7.25 Å². The van der Waals surface area contributed by atoms with Crippen molar-refractivity contribution in [2.45, 2.75) is 20.8 Å². The number of benzene rings is 3. The van der Waals surface area contributed by atoms with Crippen molar-refractivity contribution in [1.82, 2.24) is 0 Å². The summed E-state index contributed by atoms with van der Waals surface area (Å²) in [7, 11) is -6.00. The van der Waals surface area contributed by atoms with Crippen LogP contribution in [0.5, 0.6) is 0 Å². The van der Waals surface area contributed by atoms with Gasteiger partial charge in [-0.25, -0.2) is 0 Å². The maximum Gasteiger partial charge on any atom is 0.673 e. The van der Waals surface area contributed by atoms with E-state index >= 15 is 0 Å². The Morgan fingerprint density at radius 3 is 1.80 bits per heavy atom. The van der Waals surface area contributed by atoms with Gasteiger partial charge in [0.1, 0.15) is 0 Å². The van der Waals surface area contributed by atoms with E-state index in [9.17, 15) is 17.3 Å². The molecule has 25 heavy (non-hydrogen) atoms. The Morgan fingerprint density at radius 2 is 1.24 bits per heavy atom. The van der Waals surface area contributed by atoms with Gasteiger partial charge < -0.3 is 17.3 Å². The predicted molar refractivity (Wildman–Crippen MR) is 92.2 cm³/mol. The Kier molecular flexibility index (Phi) is 6.49. The van der Waals surface area contributed by atoms with E-state index in [0.717, 1.165) is 0 Å². The third-order valence-corrected chi connectivity index (χ3v) is 7.03. The van der Waals surface area contributed by atoms with Crippen LogP contribution < -0.4 is 21.2 Å². The van der Waals surface area contributed by atoms with Gasteiger partial charge in [0.15, 0.2) is 7.14 Å². The molecule has 0 atom stereocenters. The molecule has 3 aromatic carbocycles. The Hall–Kier alpha value is -1.57. The normalized spacial score (nSPS) is 11.2. The molecule has 132 valence electrons. The number of fused-ring (bicyclic) bond motifs is 1. The van der Waals surface area contributed by atoms with E-state index in [1.54, 1.807) is 3.57 Å². The van der Waals surface area contributed by atoms with Crippen molar-refractivity contribution in [3.8, 4) is 0 Å². The quantitative estimate of drug-likeness (QED) is 0.313. The van der Waals surface area contributed by atoms with Crippen LogP contribution in [0.1, 0.15) is 16.7 Å². The lowest BCUT2D eigenvalue weighted by Gasteiger charge is -2.01. The monoisotopic (exact) mass is 460 g/mol. The van der Waals surface area contributed by atoms with Gasteiger partial charge in [-0.3, -0.25) is 0 Å². The van der Waals surface area contributed by atoms with Gasteiger partial charge in [-0.2, -0.15) is 0 Å². The lowest BCUT2D eigenvalue weighted by atomic mass is 10.1. The van der Waals surface area contributed by atoms with Crippen molar-refractivity contribution < 1.29 is 38.5 Å². The van der Waals surface area contributed by atoms with E-state index in [4.69, 9.17) is 0 Å². The smallest absolute Gasteiger partial charge is 0.418 e. The zero-order chi connectivity index (χ0) is 18.6. The molecule has 0 radical (unpaired) electrons. The predicted octanol–water partition coefficient (Wildman–Crippen LogP) is 3.19. The molecular formula is C19H18BF4I. The van der Waals surface area contributed by atoms with Crippen molar-refractivity contribution in [3.63, 3.8) is 0 Å². The zero-order valence-electron chi connectivity index (χ0n) is 14.2. The van der Waals surface area contributed by atoms with Crippen LogP contribution in [0.2, 0.25) is 0 Å². The first-order valence-electron chi connectivity index (χ1n) is 7.72. The molecule has 0 N–H and O–H groups in total. The maximum absolute atomic E-state index is 9.75. The van der Waals surface area contributed by atoms with Gasteiger partial charge in [0.25, 0.3) is 0 Å². The van der Waals surface area contributed by atoms with E-state index in [2.05, 4.69) is 75.4 Å². The van der Waals surface area contributed by atoms with Crippen molar-refractivity contribution in [2.75, 3.05) is 0 Å². The van der Waals surface area contributed by atoms with Crippen molar-refractivity contribution in [3.05, 3.63) is 78.4 Å². The summed E-state index contributed by atoms with van der Waals surface area (Å²) >= 11 is -0.102. The first-order chi connectivity index (χ1) is 11.6. The first-order valence-corrected chi connectivity index (χ1v) is 9.88. The highest BCUT2D eigenvalue weighted by Gasteiger charge is 2.21. The van der Waals surface area contributed by atoms with Crippen LogP contribution >= 0.6 is 0 Å². The minimum atomic E-state index is -6.00. The number of aryl methyl sites for hydroxylation is 3. The third-order valence-electron chi connectivity index (χ3n) is 3.50. The summed E-state index contributed by atoms with van der Waals surface area (Å²) in [6, 6.07) is 20.1. The fourth-order valence-electron chi connectivity index (χ4n) is 2.64. The SMILES string of the molecule is Cc1cc(C)c([I+]c2ccc3ccccc3c2)c(C)c1.F[B-](F)(F)F. The van der Waals surface area contributed by atoms with Crippen LogP contribution in [0.3, 0.4) is 0 Å². The molecule has 0 saturated heterocycles. The highest BCUT2D eigenvalue weighted by molar-refractivity contribution is 6.50.